The molecule has 0 aromatic carbocycles. The predicted octanol–water partition coefficient (Wildman–Crippen LogP) is 9.97. The Morgan fingerprint density at radius 2 is 0.900 bits per heavy atom. The van der Waals surface area contributed by atoms with Gasteiger partial charge >= 0.3 is 6.03 Å². The van der Waals surface area contributed by atoms with Crippen molar-refractivity contribution in [1.29, 1.82) is 0 Å². The molecule has 0 aromatic rings. The normalized spacial score (nSPS) is 21.0. The van der Waals surface area contributed by atoms with Crippen LogP contribution in [-0.2, 0) is 9.47 Å². The second-order valence-corrected chi connectivity index (χ2v) is 18.3. The summed E-state index contributed by atoms with van der Waals surface area (Å²) in [5, 5.41) is 63.1. The fraction of sp³-hybridized carbons (Fsp3) is 0.980. The van der Waals surface area contributed by atoms with Crippen molar-refractivity contribution in [2.75, 3.05) is 19.8 Å². The number of carbonyl (C=O) groups is 1. The van der Waals surface area contributed by atoms with Crippen LogP contribution in [0.4, 0.5) is 4.79 Å². The summed E-state index contributed by atoms with van der Waals surface area (Å²) in [6, 6.07) is -1.80. The lowest BCUT2D eigenvalue weighted by Crippen LogP contribution is -2.60. The summed E-state index contributed by atoms with van der Waals surface area (Å²) in [6.45, 7) is 3.82. The van der Waals surface area contributed by atoms with Crippen LogP contribution >= 0.6 is 0 Å². The summed E-state index contributed by atoms with van der Waals surface area (Å²) in [7, 11) is 0. The average molecular weight is 859 g/mol. The molecule has 11 nitrogen and oxygen atoms in total. The standard InChI is InChI=1S/C49H98N2O9/c1-3-5-7-9-11-13-15-17-18-19-20-21-22-23-24-25-26-28-30-32-34-36-38-51(49(50)58)41(40-59-48-47(57)46(56)45(55)43(39-52)60-48)44(54)42(53)37-35-33-31-29-27-16-14-12-10-8-6-4-2/h41-48,52-57H,3-40H2,1-2H3,(H2,50,58)/t41-,42+,43+,44-,45-,46-,47+,48-/m0/s1. The van der Waals surface area contributed by atoms with E-state index in [0.717, 1.165) is 44.9 Å². The molecule has 0 bridgehead atoms. The number of urea groups is 1. The molecule has 0 unspecified atom stereocenters. The minimum Gasteiger partial charge on any atom is -0.394 e. The van der Waals surface area contributed by atoms with Crippen molar-refractivity contribution in [3.8, 4) is 0 Å². The maximum atomic E-state index is 12.8. The van der Waals surface area contributed by atoms with Gasteiger partial charge in [-0.25, -0.2) is 4.79 Å². The monoisotopic (exact) mass is 859 g/mol. The third-order valence-electron chi connectivity index (χ3n) is 12.9. The quantitative estimate of drug-likeness (QED) is 0.0293. The van der Waals surface area contributed by atoms with E-state index < -0.39 is 61.6 Å². The number of unbranched alkanes of at least 4 members (excludes halogenated alkanes) is 32. The molecule has 0 saturated carbocycles. The zero-order valence-corrected chi connectivity index (χ0v) is 38.9. The number of nitrogens with two attached hydrogens (primary N) is 1. The van der Waals surface area contributed by atoms with Crippen molar-refractivity contribution >= 4 is 6.03 Å². The minimum atomic E-state index is -1.63. The van der Waals surface area contributed by atoms with Crippen LogP contribution in [0.3, 0.4) is 0 Å². The number of rotatable bonds is 43. The number of primary amides is 1. The van der Waals surface area contributed by atoms with Gasteiger partial charge < -0.3 is 50.7 Å². The van der Waals surface area contributed by atoms with E-state index >= 15 is 0 Å². The molecule has 60 heavy (non-hydrogen) atoms. The first-order chi connectivity index (χ1) is 29.2. The molecule has 0 aromatic heterocycles. The Hall–Kier alpha value is -1.05. The number of ether oxygens (including phenoxy) is 2. The summed E-state index contributed by atoms with van der Waals surface area (Å²) in [6.07, 6.45) is 32.8. The molecule has 1 aliphatic heterocycles. The van der Waals surface area contributed by atoms with Crippen molar-refractivity contribution in [3.05, 3.63) is 0 Å². The molecule has 8 atom stereocenters. The Bertz CT molecular complexity index is 946. The van der Waals surface area contributed by atoms with Gasteiger partial charge in [-0.2, -0.15) is 0 Å². The number of carbonyl (C=O) groups excluding carboxylic acids is 1. The Morgan fingerprint density at radius 3 is 1.25 bits per heavy atom. The molecule has 1 rings (SSSR count). The van der Waals surface area contributed by atoms with Crippen molar-refractivity contribution in [2.45, 2.75) is 288 Å². The van der Waals surface area contributed by atoms with Crippen LogP contribution in [-0.4, -0.2) is 110 Å². The number of aliphatic hydroxyl groups excluding tert-OH is 6. The van der Waals surface area contributed by atoms with Gasteiger partial charge in [0.1, 0.15) is 30.5 Å². The van der Waals surface area contributed by atoms with Crippen molar-refractivity contribution in [3.63, 3.8) is 0 Å². The van der Waals surface area contributed by atoms with Gasteiger partial charge in [0.05, 0.1) is 25.4 Å². The fourth-order valence-corrected chi connectivity index (χ4v) is 8.72. The first-order valence-corrected chi connectivity index (χ1v) is 25.5. The van der Waals surface area contributed by atoms with Gasteiger partial charge in [0.25, 0.3) is 0 Å². The predicted molar refractivity (Wildman–Crippen MR) is 245 cm³/mol. The SMILES string of the molecule is CCCCCCCCCCCCCCCCCCCCCCCCN(C(N)=O)[C@@H](CO[C@H]1O[C@H](CO)[C@H](O)[C@H](O)[C@H]1O)[C@H](O)[C@H](O)CCCCCCCCCCCCCC. The first-order valence-electron chi connectivity index (χ1n) is 25.5. The van der Waals surface area contributed by atoms with E-state index in [2.05, 4.69) is 13.8 Å². The van der Waals surface area contributed by atoms with Crippen LogP contribution in [0.15, 0.2) is 0 Å². The summed E-state index contributed by atoms with van der Waals surface area (Å²) in [5.41, 5.74) is 5.86. The van der Waals surface area contributed by atoms with Gasteiger partial charge in [-0.15, -0.1) is 0 Å². The molecule has 2 amide bonds. The lowest BCUT2D eigenvalue weighted by molar-refractivity contribution is -0.304. The van der Waals surface area contributed by atoms with E-state index in [1.165, 1.54) is 172 Å². The maximum absolute atomic E-state index is 12.8. The first kappa shape index (κ1) is 57.0. The number of aliphatic hydroxyl groups is 6. The maximum Gasteiger partial charge on any atom is 0.315 e. The number of hydrogen-bond acceptors (Lipinski definition) is 9. The summed E-state index contributed by atoms with van der Waals surface area (Å²) in [5.74, 6) is 0. The van der Waals surface area contributed by atoms with Gasteiger partial charge in [-0.3, -0.25) is 0 Å². The fourth-order valence-electron chi connectivity index (χ4n) is 8.72. The van der Waals surface area contributed by atoms with E-state index in [1.54, 1.807) is 0 Å². The lowest BCUT2D eigenvalue weighted by atomic mass is 9.97. The third kappa shape index (κ3) is 27.9. The van der Waals surface area contributed by atoms with Crippen LogP contribution in [0.5, 0.6) is 0 Å². The number of amides is 2. The zero-order valence-electron chi connectivity index (χ0n) is 38.9. The second-order valence-electron chi connectivity index (χ2n) is 18.3. The molecule has 0 spiro atoms. The molecule has 0 aliphatic carbocycles. The van der Waals surface area contributed by atoms with Crippen LogP contribution in [0.1, 0.15) is 239 Å². The third-order valence-corrected chi connectivity index (χ3v) is 12.9. The van der Waals surface area contributed by atoms with Gasteiger partial charge in [-0.05, 0) is 12.8 Å². The highest BCUT2D eigenvalue weighted by molar-refractivity contribution is 5.72. The summed E-state index contributed by atoms with van der Waals surface area (Å²) < 4.78 is 11.3. The summed E-state index contributed by atoms with van der Waals surface area (Å²) in [4.78, 5) is 14.1. The molecule has 1 aliphatic rings. The highest BCUT2D eigenvalue weighted by atomic mass is 16.7. The van der Waals surface area contributed by atoms with Crippen molar-refractivity contribution in [1.82, 2.24) is 4.90 Å². The van der Waals surface area contributed by atoms with E-state index in [9.17, 15) is 35.4 Å². The van der Waals surface area contributed by atoms with E-state index in [-0.39, 0.29) is 13.2 Å². The van der Waals surface area contributed by atoms with Crippen LogP contribution in [0, 0.1) is 0 Å². The Labute approximate surface area is 368 Å². The van der Waals surface area contributed by atoms with Gasteiger partial charge in [0.15, 0.2) is 6.29 Å². The highest BCUT2D eigenvalue weighted by Gasteiger charge is 2.45. The van der Waals surface area contributed by atoms with E-state index in [4.69, 9.17) is 15.2 Å². The molecule has 358 valence electrons. The molecule has 8 N–H and O–H groups in total. The molecule has 11 heteroatoms. The van der Waals surface area contributed by atoms with E-state index in [0.29, 0.717) is 12.8 Å². The van der Waals surface area contributed by atoms with Gasteiger partial charge in [-0.1, -0.05) is 226 Å². The van der Waals surface area contributed by atoms with Crippen LogP contribution < -0.4 is 5.73 Å². The topological polar surface area (TPSA) is 186 Å². The van der Waals surface area contributed by atoms with Gasteiger partial charge in [0, 0.05) is 6.54 Å². The Balaban J connectivity index is 2.42. The minimum absolute atomic E-state index is 0.263. The van der Waals surface area contributed by atoms with Crippen LogP contribution in [0.25, 0.3) is 0 Å². The van der Waals surface area contributed by atoms with Crippen molar-refractivity contribution < 1.29 is 44.9 Å². The van der Waals surface area contributed by atoms with Crippen molar-refractivity contribution in [2.24, 2.45) is 5.73 Å². The molecule has 1 heterocycles. The highest BCUT2D eigenvalue weighted by Crippen LogP contribution is 2.24. The molecule has 1 fully saturated rings. The smallest absolute Gasteiger partial charge is 0.315 e. The molecular formula is C49H98N2O9. The Morgan fingerprint density at radius 1 is 0.550 bits per heavy atom. The molecule has 1 saturated heterocycles. The van der Waals surface area contributed by atoms with Crippen LogP contribution in [0.2, 0.25) is 0 Å². The van der Waals surface area contributed by atoms with Gasteiger partial charge in [0.2, 0.25) is 0 Å². The largest absolute Gasteiger partial charge is 0.394 e. The molecular weight excluding hydrogens is 761 g/mol. The second kappa shape index (κ2) is 39.5. The summed E-state index contributed by atoms with van der Waals surface area (Å²) >= 11 is 0. The molecule has 0 radical (unpaired) electrons. The lowest BCUT2D eigenvalue weighted by Gasteiger charge is -2.41. The number of nitrogens with zero attached hydrogens (tertiary/aromatic N) is 1. The average Bonchev–Trinajstić information content (AvgIpc) is 3.24. The zero-order chi connectivity index (χ0) is 44.1. The Kier molecular flexibility index (Phi) is 37.5. The van der Waals surface area contributed by atoms with E-state index in [1.807, 2.05) is 0 Å². The number of hydrogen-bond donors (Lipinski definition) is 7.